The van der Waals surface area contributed by atoms with E-state index in [0.717, 1.165) is 47.7 Å². The van der Waals surface area contributed by atoms with Gasteiger partial charge in [-0.3, -0.25) is 4.79 Å². The van der Waals surface area contributed by atoms with Crippen molar-refractivity contribution < 1.29 is 14.1 Å². The fraction of sp³-hybridized carbons (Fsp3) is 0.333. The number of aromatic nitrogens is 1. The Bertz CT molecular complexity index is 1280. The van der Waals surface area contributed by atoms with Gasteiger partial charge in [-0.05, 0) is 55.1 Å². The molecular formula is C33H39N3O3. The van der Waals surface area contributed by atoms with Gasteiger partial charge in [0.2, 0.25) is 5.91 Å². The number of primary amides is 1. The third-order valence-corrected chi connectivity index (χ3v) is 6.94. The molecule has 4 aromatic rings. The molecule has 204 valence electrons. The molecular weight excluding hydrogens is 486 g/mol. The number of nitrogens with zero attached hydrogens (tertiary/aromatic N) is 1. The summed E-state index contributed by atoms with van der Waals surface area (Å²) < 4.78 is 11.8. The molecule has 6 nitrogen and oxygen atoms in total. The van der Waals surface area contributed by atoms with E-state index in [9.17, 15) is 4.79 Å². The van der Waals surface area contributed by atoms with Crippen LogP contribution in [-0.4, -0.2) is 24.2 Å². The topological polar surface area (TPSA) is 90.4 Å². The average molecular weight is 526 g/mol. The molecule has 0 saturated heterocycles. The van der Waals surface area contributed by atoms with E-state index in [-0.39, 0.29) is 30.2 Å². The summed E-state index contributed by atoms with van der Waals surface area (Å²) in [5.41, 5.74) is 10.8. The van der Waals surface area contributed by atoms with Crippen LogP contribution in [0.3, 0.4) is 0 Å². The molecule has 4 rings (SSSR count). The highest BCUT2D eigenvalue weighted by molar-refractivity contribution is 5.76. The quantitative estimate of drug-likeness (QED) is 0.185. The fourth-order valence-corrected chi connectivity index (χ4v) is 5.09. The molecule has 0 aliphatic carbocycles. The maximum absolute atomic E-state index is 11.2. The minimum absolute atomic E-state index is 0.0537. The van der Waals surface area contributed by atoms with Crippen LogP contribution in [-0.2, 0) is 11.2 Å². The van der Waals surface area contributed by atoms with Crippen molar-refractivity contribution in [3.8, 4) is 5.75 Å². The van der Waals surface area contributed by atoms with Crippen LogP contribution in [0.1, 0.15) is 78.3 Å². The second-order valence-electron chi connectivity index (χ2n) is 10.3. The minimum Gasteiger partial charge on any atom is -0.494 e. The number of nitrogens with two attached hydrogens (primary N) is 1. The summed E-state index contributed by atoms with van der Waals surface area (Å²) in [6.45, 7) is 7.64. The van der Waals surface area contributed by atoms with Crippen LogP contribution in [0.5, 0.6) is 5.75 Å². The van der Waals surface area contributed by atoms with E-state index in [1.807, 2.05) is 31.2 Å². The van der Waals surface area contributed by atoms with Crippen LogP contribution in [0.4, 0.5) is 0 Å². The van der Waals surface area contributed by atoms with Crippen LogP contribution in [0, 0.1) is 6.92 Å². The molecule has 0 saturated carbocycles. The van der Waals surface area contributed by atoms with Crippen molar-refractivity contribution in [2.75, 3.05) is 13.2 Å². The first-order chi connectivity index (χ1) is 18.9. The number of nitrogens with one attached hydrogen (secondary N) is 1. The maximum atomic E-state index is 11.2. The van der Waals surface area contributed by atoms with Crippen LogP contribution >= 0.6 is 0 Å². The zero-order chi connectivity index (χ0) is 27.6. The molecule has 1 aromatic heterocycles. The molecule has 0 bridgehead atoms. The van der Waals surface area contributed by atoms with Gasteiger partial charge in [-0.15, -0.1) is 0 Å². The van der Waals surface area contributed by atoms with Crippen molar-refractivity contribution in [2.24, 2.45) is 5.73 Å². The first kappa shape index (κ1) is 28.1. The van der Waals surface area contributed by atoms with Crippen molar-refractivity contribution >= 4 is 5.91 Å². The van der Waals surface area contributed by atoms with Gasteiger partial charge in [0.05, 0.1) is 18.7 Å². The summed E-state index contributed by atoms with van der Waals surface area (Å²) >= 11 is 0. The summed E-state index contributed by atoms with van der Waals surface area (Å²) in [5.74, 6) is 1.77. The highest BCUT2D eigenvalue weighted by Crippen LogP contribution is 2.37. The highest BCUT2D eigenvalue weighted by atomic mass is 16.5. The molecule has 39 heavy (non-hydrogen) atoms. The number of carbonyl (C=O) groups excluding carboxylic acids is 1. The Morgan fingerprint density at radius 2 is 1.64 bits per heavy atom. The summed E-state index contributed by atoms with van der Waals surface area (Å²) in [7, 11) is 0. The summed E-state index contributed by atoms with van der Waals surface area (Å²) in [4.78, 5) is 11.2. The monoisotopic (exact) mass is 525 g/mol. The smallest absolute Gasteiger partial charge is 0.221 e. The van der Waals surface area contributed by atoms with Crippen molar-refractivity contribution in [3.05, 3.63) is 119 Å². The van der Waals surface area contributed by atoms with Gasteiger partial charge in [0.25, 0.3) is 0 Å². The second-order valence-corrected chi connectivity index (χ2v) is 10.3. The predicted octanol–water partition coefficient (Wildman–Crippen LogP) is 6.46. The summed E-state index contributed by atoms with van der Waals surface area (Å²) in [6.07, 6.45) is 1.89. The molecule has 1 heterocycles. The van der Waals surface area contributed by atoms with Gasteiger partial charge in [-0.1, -0.05) is 91.8 Å². The van der Waals surface area contributed by atoms with Crippen LogP contribution in [0.25, 0.3) is 0 Å². The summed E-state index contributed by atoms with van der Waals surface area (Å²) in [5, 5.41) is 8.16. The normalized spacial score (nSPS) is 12.1. The van der Waals surface area contributed by atoms with Gasteiger partial charge in [0, 0.05) is 23.4 Å². The van der Waals surface area contributed by atoms with E-state index < -0.39 is 0 Å². The number of amides is 1. The zero-order valence-corrected chi connectivity index (χ0v) is 23.1. The standard InChI is InChI=1S/C33H39N3O3/c1-23(2)33-32(24(3)36-39-33)30(22-29(26-13-6-4-7-14-26)27-15-8-5-9-16-27)35-18-11-19-38-28-17-10-12-25(20-28)21-31(34)37/h4-10,12-17,20,23,29-30,35H,11,18-19,21-22H2,1-3H3,(H2,34,37)/t30-/m0/s1. The van der Waals surface area contributed by atoms with Gasteiger partial charge in [0.15, 0.2) is 0 Å². The number of hydrogen-bond donors (Lipinski definition) is 2. The number of carbonyl (C=O) groups is 1. The molecule has 0 radical (unpaired) electrons. The molecule has 6 heteroatoms. The SMILES string of the molecule is Cc1noc(C(C)C)c1[C@H](CC(c1ccccc1)c1ccccc1)NCCCOc1cccc(CC(N)=O)c1. The fourth-order valence-electron chi connectivity index (χ4n) is 5.09. The lowest BCUT2D eigenvalue weighted by Crippen LogP contribution is -2.27. The summed E-state index contributed by atoms with van der Waals surface area (Å²) in [6, 6.07) is 29.0. The predicted molar refractivity (Wildman–Crippen MR) is 155 cm³/mol. The number of rotatable bonds is 14. The lowest BCUT2D eigenvalue weighted by molar-refractivity contribution is -0.117. The third kappa shape index (κ3) is 7.80. The van der Waals surface area contributed by atoms with Crippen molar-refractivity contribution in [2.45, 2.75) is 57.9 Å². The molecule has 0 spiro atoms. The van der Waals surface area contributed by atoms with Crippen LogP contribution in [0.2, 0.25) is 0 Å². The molecule has 1 amide bonds. The average Bonchev–Trinajstić information content (AvgIpc) is 3.32. The van der Waals surface area contributed by atoms with Crippen LogP contribution < -0.4 is 15.8 Å². The largest absolute Gasteiger partial charge is 0.494 e. The molecule has 0 aliphatic rings. The maximum Gasteiger partial charge on any atom is 0.221 e. The highest BCUT2D eigenvalue weighted by Gasteiger charge is 2.28. The van der Waals surface area contributed by atoms with Crippen molar-refractivity contribution in [3.63, 3.8) is 0 Å². The van der Waals surface area contributed by atoms with E-state index >= 15 is 0 Å². The Labute approximate surface area is 231 Å². The number of aryl methyl sites for hydroxylation is 1. The van der Waals surface area contributed by atoms with Crippen molar-refractivity contribution in [1.29, 1.82) is 0 Å². The Balaban J connectivity index is 1.50. The van der Waals surface area contributed by atoms with Crippen molar-refractivity contribution in [1.82, 2.24) is 10.5 Å². The molecule has 3 N–H and O–H groups in total. The number of hydrogen-bond acceptors (Lipinski definition) is 5. The van der Waals surface area contributed by atoms with Gasteiger partial charge in [-0.2, -0.15) is 0 Å². The van der Waals surface area contributed by atoms with Gasteiger partial charge in [-0.25, -0.2) is 0 Å². The van der Waals surface area contributed by atoms with E-state index in [1.54, 1.807) is 0 Å². The Morgan fingerprint density at radius 1 is 0.974 bits per heavy atom. The molecule has 0 unspecified atom stereocenters. The second kappa shape index (κ2) is 13.8. The molecule has 1 atom stereocenters. The Morgan fingerprint density at radius 3 is 2.26 bits per heavy atom. The van der Waals surface area contributed by atoms with Gasteiger partial charge in [0.1, 0.15) is 11.5 Å². The third-order valence-electron chi connectivity index (χ3n) is 6.94. The van der Waals surface area contributed by atoms with E-state index in [2.05, 4.69) is 85.0 Å². The van der Waals surface area contributed by atoms with Gasteiger partial charge >= 0.3 is 0 Å². The van der Waals surface area contributed by atoms with Crippen LogP contribution in [0.15, 0.2) is 89.5 Å². The number of benzene rings is 3. The first-order valence-corrected chi connectivity index (χ1v) is 13.7. The van der Waals surface area contributed by atoms with E-state index in [0.29, 0.717) is 6.61 Å². The van der Waals surface area contributed by atoms with E-state index in [4.69, 9.17) is 15.0 Å². The Kier molecular flexibility index (Phi) is 9.92. The number of ether oxygens (including phenoxy) is 1. The van der Waals surface area contributed by atoms with Gasteiger partial charge < -0.3 is 20.3 Å². The Hall–Kier alpha value is -3.90. The molecule has 0 aliphatic heterocycles. The molecule has 0 fully saturated rings. The van der Waals surface area contributed by atoms with E-state index in [1.165, 1.54) is 11.1 Å². The minimum atomic E-state index is -0.350. The molecule has 3 aromatic carbocycles. The zero-order valence-electron chi connectivity index (χ0n) is 23.1. The lowest BCUT2D eigenvalue weighted by Gasteiger charge is -2.26. The first-order valence-electron chi connectivity index (χ1n) is 13.7. The lowest BCUT2D eigenvalue weighted by atomic mass is 9.83.